The van der Waals surface area contributed by atoms with E-state index < -0.39 is 0 Å². The smallest absolute Gasteiger partial charge is 0.242 e. The minimum atomic E-state index is 0.225. The topological polar surface area (TPSA) is 41.6 Å². The van der Waals surface area contributed by atoms with Gasteiger partial charge in [-0.2, -0.15) is 0 Å². The molecule has 3 nitrogen and oxygen atoms in total. The Bertz CT molecular complexity index is 491. The minimum Gasteiger partial charge on any atom is -0.261 e. The SMILES string of the molecule is CC12CC3CC(C)(C1)CC(c1nc(Cl)n[nH]1)(C3)C2. The fraction of sp³-hybridized carbons (Fsp3) is 0.857. The number of nitrogens with zero attached hydrogens (tertiary/aromatic N) is 2. The van der Waals surface area contributed by atoms with Gasteiger partial charge in [0.2, 0.25) is 5.28 Å². The van der Waals surface area contributed by atoms with Gasteiger partial charge in [0.05, 0.1) is 0 Å². The number of halogens is 1. The molecule has 1 heterocycles. The van der Waals surface area contributed by atoms with Crippen LogP contribution in [0.1, 0.15) is 58.2 Å². The van der Waals surface area contributed by atoms with Crippen molar-refractivity contribution in [1.29, 1.82) is 0 Å². The standard InChI is InChI=1S/C14H20ClN3/c1-12-3-9-4-13(2,6-12)8-14(5-9,7-12)10-16-11(15)18-17-10/h9H,3-8H2,1-2H3,(H,16,17,18). The summed E-state index contributed by atoms with van der Waals surface area (Å²) in [6.45, 7) is 4.95. The fourth-order valence-electron chi connectivity index (χ4n) is 6.19. The van der Waals surface area contributed by atoms with Crippen LogP contribution in [0.25, 0.3) is 0 Å². The number of hydrogen-bond acceptors (Lipinski definition) is 2. The average molecular weight is 266 g/mol. The third-order valence-corrected chi connectivity index (χ3v) is 5.76. The largest absolute Gasteiger partial charge is 0.261 e. The Morgan fingerprint density at radius 2 is 1.78 bits per heavy atom. The van der Waals surface area contributed by atoms with Crippen molar-refractivity contribution in [2.75, 3.05) is 0 Å². The zero-order valence-corrected chi connectivity index (χ0v) is 11.8. The van der Waals surface area contributed by atoms with Crippen LogP contribution in [0.2, 0.25) is 5.28 Å². The Balaban J connectivity index is 1.82. The van der Waals surface area contributed by atoms with E-state index >= 15 is 0 Å². The third kappa shape index (κ3) is 1.43. The number of rotatable bonds is 1. The van der Waals surface area contributed by atoms with Crippen LogP contribution in [0.4, 0.5) is 0 Å². The highest BCUT2D eigenvalue weighted by Gasteiger charge is 2.61. The van der Waals surface area contributed by atoms with Gasteiger partial charge in [0.15, 0.2) is 0 Å². The van der Waals surface area contributed by atoms with E-state index in [1.165, 1.54) is 38.5 Å². The summed E-state index contributed by atoms with van der Waals surface area (Å²) in [7, 11) is 0. The zero-order chi connectivity index (χ0) is 12.6. The lowest BCUT2D eigenvalue weighted by molar-refractivity contribution is -0.112. The van der Waals surface area contributed by atoms with E-state index in [4.69, 9.17) is 11.6 Å². The van der Waals surface area contributed by atoms with Crippen molar-refractivity contribution in [2.24, 2.45) is 16.7 Å². The maximum atomic E-state index is 5.92. The van der Waals surface area contributed by atoms with Gasteiger partial charge in [-0.1, -0.05) is 13.8 Å². The fourth-order valence-corrected chi connectivity index (χ4v) is 6.32. The number of nitrogens with one attached hydrogen (secondary N) is 1. The Morgan fingerprint density at radius 3 is 2.28 bits per heavy atom. The van der Waals surface area contributed by atoms with Crippen LogP contribution < -0.4 is 0 Å². The summed E-state index contributed by atoms with van der Waals surface area (Å²) in [6, 6.07) is 0. The number of H-pyrrole nitrogens is 1. The van der Waals surface area contributed by atoms with Crippen molar-refractivity contribution in [3.63, 3.8) is 0 Å². The summed E-state index contributed by atoms with van der Waals surface area (Å²) in [5.41, 5.74) is 1.24. The molecule has 0 aromatic carbocycles. The van der Waals surface area contributed by atoms with Crippen LogP contribution in [-0.4, -0.2) is 15.2 Å². The summed E-state index contributed by atoms with van der Waals surface area (Å²) in [4.78, 5) is 4.46. The molecule has 2 unspecified atom stereocenters. The molecule has 4 fully saturated rings. The molecule has 0 saturated heterocycles. The molecule has 1 aromatic rings. The second-order valence-corrected chi connectivity index (χ2v) is 8.20. The van der Waals surface area contributed by atoms with Crippen molar-refractivity contribution in [3.8, 4) is 0 Å². The maximum absolute atomic E-state index is 5.92. The van der Waals surface area contributed by atoms with Gasteiger partial charge < -0.3 is 0 Å². The number of hydrogen-bond donors (Lipinski definition) is 1. The highest BCUT2D eigenvalue weighted by molar-refractivity contribution is 6.28. The summed E-state index contributed by atoms with van der Waals surface area (Å²) < 4.78 is 0. The molecule has 1 N–H and O–H groups in total. The molecule has 98 valence electrons. The van der Waals surface area contributed by atoms with E-state index in [0.717, 1.165) is 11.7 Å². The monoisotopic (exact) mass is 265 g/mol. The Kier molecular flexibility index (Phi) is 1.95. The molecular formula is C14H20ClN3. The molecule has 4 aliphatic rings. The molecule has 0 radical (unpaired) electrons. The van der Waals surface area contributed by atoms with Crippen molar-refractivity contribution >= 4 is 11.6 Å². The zero-order valence-electron chi connectivity index (χ0n) is 11.1. The van der Waals surface area contributed by atoms with Gasteiger partial charge in [-0.05, 0) is 66.9 Å². The van der Waals surface area contributed by atoms with Crippen LogP contribution in [0.5, 0.6) is 0 Å². The molecule has 4 aliphatic carbocycles. The number of aromatic nitrogens is 3. The maximum Gasteiger partial charge on any atom is 0.242 e. The summed E-state index contributed by atoms with van der Waals surface area (Å²) in [5, 5.41) is 7.52. The van der Waals surface area contributed by atoms with Gasteiger partial charge in [0.25, 0.3) is 0 Å². The summed E-state index contributed by atoms with van der Waals surface area (Å²) in [6.07, 6.45) is 8.01. The normalized spacial score (nSPS) is 49.8. The second kappa shape index (κ2) is 3.12. The van der Waals surface area contributed by atoms with Crippen LogP contribution in [0.15, 0.2) is 0 Å². The first-order valence-electron chi connectivity index (χ1n) is 6.99. The second-order valence-electron chi connectivity index (χ2n) is 7.86. The Labute approximate surface area is 113 Å². The lowest BCUT2D eigenvalue weighted by atomic mass is 9.40. The van der Waals surface area contributed by atoms with Crippen molar-refractivity contribution in [3.05, 3.63) is 11.1 Å². The van der Waals surface area contributed by atoms with E-state index in [0.29, 0.717) is 16.1 Å². The van der Waals surface area contributed by atoms with E-state index in [-0.39, 0.29) is 5.41 Å². The molecule has 4 heteroatoms. The number of aromatic amines is 1. The van der Waals surface area contributed by atoms with Gasteiger partial charge in [0, 0.05) is 5.41 Å². The first-order chi connectivity index (χ1) is 8.41. The highest BCUT2D eigenvalue weighted by atomic mass is 35.5. The molecule has 1 aromatic heterocycles. The van der Waals surface area contributed by atoms with Gasteiger partial charge >= 0.3 is 0 Å². The van der Waals surface area contributed by atoms with Crippen LogP contribution in [0.3, 0.4) is 0 Å². The lowest BCUT2D eigenvalue weighted by Crippen LogP contribution is -2.57. The van der Waals surface area contributed by atoms with Gasteiger partial charge in [0.1, 0.15) is 5.82 Å². The minimum absolute atomic E-state index is 0.225. The quantitative estimate of drug-likeness (QED) is 0.841. The van der Waals surface area contributed by atoms with Gasteiger partial charge in [-0.15, -0.1) is 5.10 Å². The van der Waals surface area contributed by atoms with E-state index in [1.807, 2.05) is 0 Å². The first-order valence-corrected chi connectivity index (χ1v) is 7.37. The van der Waals surface area contributed by atoms with E-state index in [9.17, 15) is 0 Å². The Hall–Kier alpha value is -0.570. The molecule has 5 rings (SSSR count). The van der Waals surface area contributed by atoms with Crippen molar-refractivity contribution in [2.45, 2.75) is 57.8 Å². The molecular weight excluding hydrogens is 246 g/mol. The predicted molar refractivity (Wildman–Crippen MR) is 70.5 cm³/mol. The Morgan fingerprint density at radius 1 is 1.11 bits per heavy atom. The summed E-state index contributed by atoms with van der Waals surface area (Å²) >= 11 is 5.92. The van der Waals surface area contributed by atoms with Gasteiger partial charge in [-0.25, -0.2) is 4.98 Å². The highest BCUT2D eigenvalue weighted by Crippen LogP contribution is 2.69. The molecule has 4 saturated carbocycles. The molecule has 0 aliphatic heterocycles. The molecule has 0 amide bonds. The van der Waals surface area contributed by atoms with Crippen molar-refractivity contribution in [1.82, 2.24) is 15.2 Å². The summed E-state index contributed by atoms with van der Waals surface area (Å²) in [5.74, 6) is 1.93. The lowest BCUT2D eigenvalue weighted by Gasteiger charge is -2.64. The van der Waals surface area contributed by atoms with E-state index in [2.05, 4.69) is 29.0 Å². The van der Waals surface area contributed by atoms with Gasteiger partial charge in [-0.3, -0.25) is 5.10 Å². The van der Waals surface area contributed by atoms with Crippen molar-refractivity contribution < 1.29 is 0 Å². The molecule has 18 heavy (non-hydrogen) atoms. The van der Waals surface area contributed by atoms with Crippen LogP contribution >= 0.6 is 11.6 Å². The van der Waals surface area contributed by atoms with E-state index in [1.54, 1.807) is 0 Å². The molecule has 4 bridgehead atoms. The average Bonchev–Trinajstić information content (AvgIpc) is 2.59. The van der Waals surface area contributed by atoms with Crippen LogP contribution in [-0.2, 0) is 5.41 Å². The van der Waals surface area contributed by atoms with Crippen LogP contribution in [0, 0.1) is 16.7 Å². The third-order valence-electron chi connectivity index (χ3n) is 5.59. The molecule has 2 atom stereocenters. The first kappa shape index (κ1) is 11.3. The predicted octanol–water partition coefficient (Wildman–Crippen LogP) is 3.71. The molecule has 0 spiro atoms.